The van der Waals surface area contributed by atoms with Gasteiger partial charge in [0, 0.05) is 12.5 Å². The normalized spacial score (nSPS) is 11.1. The van der Waals surface area contributed by atoms with E-state index in [4.69, 9.17) is 0 Å². The van der Waals surface area contributed by atoms with Crippen molar-refractivity contribution in [1.82, 2.24) is 30.8 Å². The van der Waals surface area contributed by atoms with Crippen LogP contribution in [0.15, 0.2) is 0 Å². The third-order valence-electron chi connectivity index (χ3n) is 1.98. The number of urea groups is 1. The lowest BCUT2D eigenvalue weighted by Crippen LogP contribution is -2.40. The maximum atomic E-state index is 11.5. The lowest BCUT2D eigenvalue weighted by Gasteiger charge is -2.16. The number of nitrogens with zero attached hydrogens (tertiary/aromatic N) is 4. The maximum Gasteiger partial charge on any atom is 0.321 e. The molecule has 0 fully saturated rings. The van der Waals surface area contributed by atoms with Crippen molar-refractivity contribution in [2.24, 2.45) is 0 Å². The molecule has 8 nitrogen and oxygen atoms in total. The number of tetrazole rings is 1. The van der Waals surface area contributed by atoms with Crippen LogP contribution in [0.25, 0.3) is 0 Å². The Hall–Kier alpha value is -1.99. The quantitative estimate of drug-likeness (QED) is 0.720. The van der Waals surface area contributed by atoms with Crippen LogP contribution in [0, 0.1) is 0 Å². The minimum Gasteiger partial charge on any atom is -0.341 e. The summed E-state index contributed by atoms with van der Waals surface area (Å²) in [6.45, 7) is 5.72. The summed E-state index contributed by atoms with van der Waals surface area (Å²) < 4.78 is 1.37. The molecule has 2 N–H and O–H groups in total. The summed E-state index contributed by atoms with van der Waals surface area (Å²) in [5.74, 6) is 0.117. The lowest BCUT2D eigenvalue weighted by atomic mass is 9.96. The Morgan fingerprint density at radius 2 is 2.00 bits per heavy atom. The lowest BCUT2D eigenvalue weighted by molar-refractivity contribution is -0.120. The number of rotatable bonds is 2. The number of aromatic nitrogens is 4. The van der Waals surface area contributed by atoms with Gasteiger partial charge in [-0.2, -0.15) is 0 Å². The zero-order valence-corrected chi connectivity index (χ0v) is 10.3. The number of amides is 3. The van der Waals surface area contributed by atoms with Gasteiger partial charge in [-0.15, -0.1) is 5.10 Å². The van der Waals surface area contributed by atoms with Crippen LogP contribution in [0.3, 0.4) is 0 Å². The molecule has 17 heavy (non-hydrogen) atoms. The zero-order valence-electron chi connectivity index (χ0n) is 10.3. The number of carbonyl (C=O) groups excluding carboxylic acids is 2. The fraction of sp³-hybridized carbons (Fsp3) is 0.667. The predicted octanol–water partition coefficient (Wildman–Crippen LogP) is -0.574. The van der Waals surface area contributed by atoms with E-state index < -0.39 is 11.9 Å². The third kappa shape index (κ3) is 3.51. The van der Waals surface area contributed by atoms with E-state index in [0.29, 0.717) is 5.82 Å². The van der Waals surface area contributed by atoms with Crippen molar-refractivity contribution in [2.45, 2.75) is 32.7 Å². The average Bonchev–Trinajstić information content (AvgIpc) is 2.64. The van der Waals surface area contributed by atoms with Crippen molar-refractivity contribution in [2.75, 3.05) is 7.05 Å². The van der Waals surface area contributed by atoms with E-state index in [9.17, 15) is 9.59 Å². The smallest absolute Gasteiger partial charge is 0.321 e. The SMILES string of the molecule is CNC(=O)NC(=O)Cn1nnnc1C(C)(C)C. The first-order valence-corrected chi connectivity index (χ1v) is 5.13. The first kappa shape index (κ1) is 13.1. The molecule has 94 valence electrons. The number of hydrogen-bond donors (Lipinski definition) is 2. The van der Waals surface area contributed by atoms with Gasteiger partial charge in [-0.25, -0.2) is 9.48 Å². The van der Waals surface area contributed by atoms with Gasteiger partial charge in [0.25, 0.3) is 0 Å². The molecular weight excluding hydrogens is 224 g/mol. The number of hydrogen-bond acceptors (Lipinski definition) is 5. The van der Waals surface area contributed by atoms with Gasteiger partial charge in [0.05, 0.1) is 0 Å². The molecular formula is C9H16N6O2. The van der Waals surface area contributed by atoms with E-state index in [-0.39, 0.29) is 12.0 Å². The molecule has 0 saturated carbocycles. The second-order valence-corrected chi connectivity index (χ2v) is 4.54. The molecule has 0 aliphatic carbocycles. The molecule has 0 bridgehead atoms. The van der Waals surface area contributed by atoms with Crippen LogP contribution in [0.5, 0.6) is 0 Å². The molecule has 0 unspecified atom stereocenters. The Balaban J connectivity index is 2.73. The van der Waals surface area contributed by atoms with E-state index in [1.807, 2.05) is 20.8 Å². The topological polar surface area (TPSA) is 102 Å². The summed E-state index contributed by atoms with van der Waals surface area (Å²) in [6.07, 6.45) is 0. The Kier molecular flexibility index (Phi) is 3.77. The Labute approximate surface area is 98.8 Å². The third-order valence-corrected chi connectivity index (χ3v) is 1.98. The summed E-state index contributed by atoms with van der Waals surface area (Å²) in [6, 6.07) is -0.555. The van der Waals surface area contributed by atoms with E-state index in [1.54, 1.807) is 0 Å². The minimum absolute atomic E-state index is 0.0903. The van der Waals surface area contributed by atoms with Crippen molar-refractivity contribution < 1.29 is 9.59 Å². The summed E-state index contributed by atoms with van der Waals surface area (Å²) in [5.41, 5.74) is -0.267. The van der Waals surface area contributed by atoms with Crippen molar-refractivity contribution in [3.63, 3.8) is 0 Å². The van der Waals surface area contributed by atoms with Gasteiger partial charge >= 0.3 is 6.03 Å². The summed E-state index contributed by atoms with van der Waals surface area (Å²) >= 11 is 0. The molecule has 0 aliphatic heterocycles. The maximum absolute atomic E-state index is 11.5. The van der Waals surface area contributed by atoms with Gasteiger partial charge in [0.15, 0.2) is 5.82 Å². The Morgan fingerprint density at radius 1 is 1.35 bits per heavy atom. The fourth-order valence-corrected chi connectivity index (χ4v) is 1.21. The molecule has 8 heteroatoms. The van der Waals surface area contributed by atoms with Crippen LogP contribution < -0.4 is 10.6 Å². The van der Waals surface area contributed by atoms with E-state index in [1.165, 1.54) is 11.7 Å². The first-order valence-electron chi connectivity index (χ1n) is 5.13. The zero-order chi connectivity index (χ0) is 13.1. The van der Waals surface area contributed by atoms with Gasteiger partial charge in [-0.1, -0.05) is 20.8 Å². The standard InChI is InChI=1S/C9H16N6O2/c1-9(2,3)7-12-13-14-15(7)5-6(16)11-8(17)10-4/h5H2,1-4H3,(H2,10,11,16,17). The van der Waals surface area contributed by atoms with Crippen molar-refractivity contribution >= 4 is 11.9 Å². The number of carbonyl (C=O) groups is 2. The highest BCUT2D eigenvalue weighted by molar-refractivity contribution is 5.93. The molecule has 0 aromatic carbocycles. The monoisotopic (exact) mass is 240 g/mol. The minimum atomic E-state index is -0.555. The predicted molar refractivity (Wildman–Crippen MR) is 59.1 cm³/mol. The largest absolute Gasteiger partial charge is 0.341 e. The van der Waals surface area contributed by atoms with Crippen LogP contribution in [-0.2, 0) is 16.8 Å². The molecule has 1 aromatic heterocycles. The molecule has 0 spiro atoms. The molecule has 0 radical (unpaired) electrons. The second kappa shape index (κ2) is 4.89. The molecule has 1 heterocycles. The molecule has 1 aromatic rings. The van der Waals surface area contributed by atoms with E-state index in [0.717, 1.165) is 0 Å². The molecule has 0 saturated heterocycles. The van der Waals surface area contributed by atoms with Crippen LogP contribution in [0.2, 0.25) is 0 Å². The van der Waals surface area contributed by atoms with Gasteiger partial charge in [-0.05, 0) is 10.4 Å². The van der Waals surface area contributed by atoms with E-state index in [2.05, 4.69) is 26.2 Å². The highest BCUT2D eigenvalue weighted by Crippen LogP contribution is 2.18. The molecule has 3 amide bonds. The fourth-order valence-electron chi connectivity index (χ4n) is 1.21. The number of nitrogens with one attached hydrogen (secondary N) is 2. The summed E-state index contributed by atoms with van der Waals surface area (Å²) in [7, 11) is 1.43. The van der Waals surface area contributed by atoms with Gasteiger partial charge in [0.1, 0.15) is 6.54 Å². The average molecular weight is 240 g/mol. The van der Waals surface area contributed by atoms with Crippen LogP contribution >= 0.6 is 0 Å². The van der Waals surface area contributed by atoms with Gasteiger partial charge < -0.3 is 5.32 Å². The molecule has 0 aliphatic rings. The highest BCUT2D eigenvalue weighted by atomic mass is 16.2. The second-order valence-electron chi connectivity index (χ2n) is 4.54. The van der Waals surface area contributed by atoms with Crippen molar-refractivity contribution in [3.8, 4) is 0 Å². The van der Waals surface area contributed by atoms with Crippen LogP contribution in [0.1, 0.15) is 26.6 Å². The summed E-state index contributed by atoms with van der Waals surface area (Å²) in [5, 5.41) is 15.5. The van der Waals surface area contributed by atoms with Crippen molar-refractivity contribution in [3.05, 3.63) is 5.82 Å². The summed E-state index contributed by atoms with van der Waals surface area (Å²) in [4.78, 5) is 22.4. The van der Waals surface area contributed by atoms with Crippen LogP contribution in [0.4, 0.5) is 4.79 Å². The van der Waals surface area contributed by atoms with Gasteiger partial charge in [0.2, 0.25) is 5.91 Å². The molecule has 1 rings (SSSR count). The molecule has 0 atom stereocenters. The number of imide groups is 1. The van der Waals surface area contributed by atoms with E-state index >= 15 is 0 Å². The first-order chi connectivity index (χ1) is 7.84. The van der Waals surface area contributed by atoms with Crippen LogP contribution in [-0.4, -0.2) is 39.2 Å². The highest BCUT2D eigenvalue weighted by Gasteiger charge is 2.23. The van der Waals surface area contributed by atoms with Crippen molar-refractivity contribution in [1.29, 1.82) is 0 Å². The Morgan fingerprint density at radius 3 is 2.53 bits per heavy atom. The van der Waals surface area contributed by atoms with Gasteiger partial charge in [-0.3, -0.25) is 10.1 Å². The Bertz CT molecular complexity index is 419.